The molecule has 1 aliphatic rings. The van der Waals surface area contributed by atoms with Crippen LogP contribution in [0.4, 0.5) is 0 Å². The van der Waals surface area contributed by atoms with Crippen LogP contribution < -0.4 is 5.32 Å². The molecule has 0 radical (unpaired) electrons. The number of benzene rings is 1. The molecule has 0 aromatic heterocycles. The van der Waals surface area contributed by atoms with Gasteiger partial charge in [0.1, 0.15) is 0 Å². The molecule has 0 heterocycles. The molecule has 2 rings (SSSR count). The molecule has 1 aromatic carbocycles. The van der Waals surface area contributed by atoms with Crippen molar-refractivity contribution in [2.45, 2.75) is 50.5 Å². The molecule has 1 fully saturated rings. The molecule has 1 aliphatic carbocycles. The number of sulfonamides is 1. The number of rotatable bonds is 9. The van der Waals surface area contributed by atoms with Crippen molar-refractivity contribution in [3.63, 3.8) is 0 Å². The molecule has 118 valence electrons. The van der Waals surface area contributed by atoms with Gasteiger partial charge in [-0.05, 0) is 56.5 Å². The van der Waals surface area contributed by atoms with Gasteiger partial charge in [-0.25, -0.2) is 8.42 Å². The Kier molecular flexibility index (Phi) is 5.79. The van der Waals surface area contributed by atoms with E-state index in [4.69, 9.17) is 0 Å². The summed E-state index contributed by atoms with van der Waals surface area (Å²) < 4.78 is 27.1. The minimum atomic E-state index is -3.32. The van der Waals surface area contributed by atoms with Crippen LogP contribution in [0.2, 0.25) is 0 Å². The fourth-order valence-electron chi connectivity index (χ4n) is 2.45. The van der Waals surface area contributed by atoms with Crippen molar-refractivity contribution in [3.05, 3.63) is 29.8 Å². The standard InChI is InChI=1S/C16H26N2O2S/c1-3-13-18(15-7-8-15)21(19,20)16-9-5-14(6-10-16)11-12-17-4-2/h5-6,9-10,15,17H,3-4,7-8,11-13H2,1-2H3. The Balaban J connectivity index is 2.08. The van der Waals surface area contributed by atoms with E-state index in [0.717, 1.165) is 38.8 Å². The smallest absolute Gasteiger partial charge is 0.243 e. The quantitative estimate of drug-likeness (QED) is 0.713. The van der Waals surface area contributed by atoms with Gasteiger partial charge in [-0.3, -0.25) is 0 Å². The van der Waals surface area contributed by atoms with Crippen molar-refractivity contribution in [2.75, 3.05) is 19.6 Å². The highest BCUT2D eigenvalue weighted by Crippen LogP contribution is 2.32. The van der Waals surface area contributed by atoms with Gasteiger partial charge in [0, 0.05) is 12.6 Å². The highest BCUT2D eigenvalue weighted by molar-refractivity contribution is 7.89. The molecule has 0 spiro atoms. The van der Waals surface area contributed by atoms with Crippen molar-refractivity contribution in [3.8, 4) is 0 Å². The molecule has 0 bridgehead atoms. The van der Waals surface area contributed by atoms with Crippen LogP contribution in [-0.2, 0) is 16.4 Å². The van der Waals surface area contributed by atoms with Crippen LogP contribution in [0.25, 0.3) is 0 Å². The fraction of sp³-hybridized carbons (Fsp3) is 0.625. The molecule has 1 saturated carbocycles. The molecule has 0 atom stereocenters. The van der Waals surface area contributed by atoms with E-state index in [1.807, 2.05) is 19.1 Å². The maximum absolute atomic E-state index is 12.7. The van der Waals surface area contributed by atoms with E-state index in [2.05, 4.69) is 12.2 Å². The largest absolute Gasteiger partial charge is 0.317 e. The van der Waals surface area contributed by atoms with Gasteiger partial charge in [-0.2, -0.15) is 4.31 Å². The molecule has 5 heteroatoms. The van der Waals surface area contributed by atoms with E-state index in [0.29, 0.717) is 11.4 Å². The highest BCUT2D eigenvalue weighted by Gasteiger charge is 2.37. The Morgan fingerprint density at radius 1 is 1.19 bits per heavy atom. The van der Waals surface area contributed by atoms with Crippen LogP contribution in [0.1, 0.15) is 38.7 Å². The summed E-state index contributed by atoms with van der Waals surface area (Å²) in [6, 6.07) is 7.59. The van der Waals surface area contributed by atoms with Crippen molar-refractivity contribution in [1.29, 1.82) is 0 Å². The summed E-state index contributed by atoms with van der Waals surface area (Å²) in [5, 5.41) is 3.27. The van der Waals surface area contributed by atoms with Gasteiger partial charge in [0.25, 0.3) is 0 Å². The average molecular weight is 310 g/mol. The zero-order valence-electron chi connectivity index (χ0n) is 13.0. The molecular formula is C16H26N2O2S. The topological polar surface area (TPSA) is 49.4 Å². The van der Waals surface area contributed by atoms with Crippen LogP contribution >= 0.6 is 0 Å². The average Bonchev–Trinajstić information content (AvgIpc) is 3.30. The minimum absolute atomic E-state index is 0.225. The predicted molar refractivity (Wildman–Crippen MR) is 85.9 cm³/mol. The van der Waals surface area contributed by atoms with Crippen LogP contribution in [-0.4, -0.2) is 38.4 Å². The molecule has 4 nitrogen and oxygen atoms in total. The van der Waals surface area contributed by atoms with E-state index < -0.39 is 10.0 Å². The number of nitrogens with one attached hydrogen (secondary N) is 1. The van der Waals surface area contributed by atoms with Gasteiger partial charge in [0.05, 0.1) is 4.90 Å². The first-order chi connectivity index (χ1) is 10.1. The van der Waals surface area contributed by atoms with E-state index in [-0.39, 0.29) is 6.04 Å². The maximum Gasteiger partial charge on any atom is 0.243 e. The monoisotopic (exact) mass is 310 g/mol. The van der Waals surface area contributed by atoms with E-state index in [1.54, 1.807) is 16.4 Å². The van der Waals surface area contributed by atoms with Crippen molar-refractivity contribution in [2.24, 2.45) is 0 Å². The first-order valence-electron chi connectivity index (χ1n) is 7.91. The summed E-state index contributed by atoms with van der Waals surface area (Å²) in [6.07, 6.45) is 3.78. The molecule has 21 heavy (non-hydrogen) atoms. The van der Waals surface area contributed by atoms with Gasteiger partial charge < -0.3 is 5.32 Å². The fourth-order valence-corrected chi connectivity index (χ4v) is 4.23. The lowest BCUT2D eigenvalue weighted by Gasteiger charge is -2.21. The lowest BCUT2D eigenvalue weighted by atomic mass is 10.1. The molecule has 1 aromatic rings. The second-order valence-corrected chi connectivity index (χ2v) is 7.48. The van der Waals surface area contributed by atoms with Gasteiger partial charge in [-0.1, -0.05) is 26.0 Å². The Morgan fingerprint density at radius 3 is 2.38 bits per heavy atom. The Morgan fingerprint density at radius 2 is 1.86 bits per heavy atom. The zero-order valence-corrected chi connectivity index (χ0v) is 13.8. The molecule has 0 aliphatic heterocycles. The number of nitrogens with zero attached hydrogens (tertiary/aromatic N) is 1. The van der Waals surface area contributed by atoms with Gasteiger partial charge in [0.15, 0.2) is 0 Å². The zero-order chi connectivity index (χ0) is 15.3. The number of likely N-dealkylation sites (N-methyl/N-ethyl adjacent to an activating group) is 1. The van der Waals surface area contributed by atoms with Gasteiger partial charge in [-0.15, -0.1) is 0 Å². The lowest BCUT2D eigenvalue weighted by Crippen LogP contribution is -2.33. The lowest BCUT2D eigenvalue weighted by molar-refractivity contribution is 0.403. The number of hydrogen-bond donors (Lipinski definition) is 1. The first kappa shape index (κ1) is 16.5. The Labute approximate surface area is 128 Å². The molecular weight excluding hydrogens is 284 g/mol. The van der Waals surface area contributed by atoms with Gasteiger partial charge >= 0.3 is 0 Å². The summed E-state index contributed by atoms with van der Waals surface area (Å²) in [6.45, 7) is 6.60. The third kappa shape index (κ3) is 4.28. The molecule has 0 saturated heterocycles. The molecule has 1 N–H and O–H groups in total. The predicted octanol–water partition coefficient (Wildman–Crippen LogP) is 2.40. The summed E-state index contributed by atoms with van der Waals surface area (Å²) in [5.74, 6) is 0. The molecule has 0 unspecified atom stereocenters. The number of hydrogen-bond acceptors (Lipinski definition) is 3. The second-order valence-electron chi connectivity index (χ2n) is 5.59. The van der Waals surface area contributed by atoms with Crippen LogP contribution in [0, 0.1) is 0 Å². The van der Waals surface area contributed by atoms with Crippen molar-refractivity contribution in [1.82, 2.24) is 9.62 Å². The SMILES string of the molecule is CCCN(C1CC1)S(=O)(=O)c1ccc(CCNCC)cc1. The van der Waals surface area contributed by atoms with Crippen LogP contribution in [0.5, 0.6) is 0 Å². The summed E-state index contributed by atoms with van der Waals surface area (Å²) in [7, 11) is -3.32. The van der Waals surface area contributed by atoms with Crippen molar-refractivity contribution < 1.29 is 8.42 Å². The summed E-state index contributed by atoms with van der Waals surface area (Å²) >= 11 is 0. The summed E-state index contributed by atoms with van der Waals surface area (Å²) in [5.41, 5.74) is 1.17. The summed E-state index contributed by atoms with van der Waals surface area (Å²) in [4.78, 5) is 0.426. The van der Waals surface area contributed by atoms with Gasteiger partial charge in [0.2, 0.25) is 10.0 Å². The van der Waals surface area contributed by atoms with E-state index in [9.17, 15) is 8.42 Å². The second kappa shape index (κ2) is 7.38. The van der Waals surface area contributed by atoms with E-state index in [1.165, 1.54) is 5.56 Å². The third-order valence-electron chi connectivity index (χ3n) is 3.77. The Bertz CT molecular complexity index is 536. The van der Waals surface area contributed by atoms with E-state index >= 15 is 0 Å². The maximum atomic E-state index is 12.7. The van der Waals surface area contributed by atoms with Crippen LogP contribution in [0.3, 0.4) is 0 Å². The Hall–Kier alpha value is -0.910. The first-order valence-corrected chi connectivity index (χ1v) is 9.35. The molecule has 0 amide bonds. The van der Waals surface area contributed by atoms with Crippen LogP contribution in [0.15, 0.2) is 29.2 Å². The minimum Gasteiger partial charge on any atom is -0.317 e. The normalized spacial score (nSPS) is 15.6. The highest BCUT2D eigenvalue weighted by atomic mass is 32.2. The third-order valence-corrected chi connectivity index (χ3v) is 5.73. The van der Waals surface area contributed by atoms with Crippen molar-refractivity contribution >= 4 is 10.0 Å².